The number of alkyl halides is 2. The van der Waals surface area contributed by atoms with Crippen molar-refractivity contribution in [1.82, 2.24) is 19.7 Å². The van der Waals surface area contributed by atoms with Gasteiger partial charge in [-0.05, 0) is 49.6 Å². The van der Waals surface area contributed by atoms with Crippen LogP contribution in [0.1, 0.15) is 48.6 Å². The zero-order valence-corrected chi connectivity index (χ0v) is 16.1. The molecular weight excluding hydrogens is 376 g/mol. The van der Waals surface area contributed by atoms with Gasteiger partial charge in [-0.2, -0.15) is 5.10 Å². The van der Waals surface area contributed by atoms with Crippen LogP contribution < -0.4 is 5.32 Å². The Morgan fingerprint density at radius 1 is 1.21 bits per heavy atom. The Hall–Kier alpha value is -2.87. The third-order valence-electron chi connectivity index (χ3n) is 5.18. The topological polar surface area (TPSA) is 75.9 Å². The predicted octanol–water partition coefficient (Wildman–Crippen LogP) is 4.04. The minimum Gasteiger partial charge on any atom is -0.384 e. The third-order valence-corrected chi connectivity index (χ3v) is 5.18. The van der Waals surface area contributed by atoms with Gasteiger partial charge in [-0.3, -0.25) is 4.98 Å². The minimum atomic E-state index is -2.58. The van der Waals surface area contributed by atoms with E-state index in [-0.39, 0.29) is 18.9 Å². The standard InChI is InChI=1S/C21H23F2N5O/c1-14-6-10-28(27-14)19-12-16(20(29)15-3-2-9-24-13-15)11-18(26-19)25-17-4-7-21(22,23)8-5-17/h2-3,6,9-13,17,20,29H,4-5,7-8H2,1H3,(H,25,26). The summed E-state index contributed by atoms with van der Waals surface area (Å²) in [5.74, 6) is -1.51. The third kappa shape index (κ3) is 4.59. The summed E-state index contributed by atoms with van der Waals surface area (Å²) in [5, 5.41) is 18.5. The predicted molar refractivity (Wildman–Crippen MR) is 105 cm³/mol. The Kier molecular flexibility index (Phi) is 5.27. The Morgan fingerprint density at radius 2 is 2.00 bits per heavy atom. The van der Waals surface area contributed by atoms with E-state index < -0.39 is 12.0 Å². The Balaban J connectivity index is 1.65. The Bertz CT molecular complexity index is 966. The molecule has 29 heavy (non-hydrogen) atoms. The van der Waals surface area contributed by atoms with E-state index in [1.807, 2.05) is 13.0 Å². The molecule has 1 aliphatic rings. The second kappa shape index (κ2) is 7.87. The number of nitrogens with zero attached hydrogens (tertiary/aromatic N) is 4. The van der Waals surface area contributed by atoms with Gasteiger partial charge in [-0.25, -0.2) is 18.4 Å². The molecule has 8 heteroatoms. The quantitative estimate of drug-likeness (QED) is 0.677. The van der Waals surface area contributed by atoms with Crippen LogP contribution in [0.5, 0.6) is 0 Å². The average Bonchev–Trinajstić information content (AvgIpc) is 3.16. The summed E-state index contributed by atoms with van der Waals surface area (Å²) in [6, 6.07) is 8.86. The van der Waals surface area contributed by atoms with Gasteiger partial charge in [0, 0.05) is 43.0 Å². The van der Waals surface area contributed by atoms with Gasteiger partial charge in [-0.1, -0.05) is 6.07 Å². The highest BCUT2D eigenvalue weighted by atomic mass is 19.3. The lowest BCUT2D eigenvalue weighted by Crippen LogP contribution is -2.32. The first-order chi connectivity index (χ1) is 13.9. The fraction of sp³-hybridized carbons (Fsp3) is 0.381. The van der Waals surface area contributed by atoms with E-state index in [0.29, 0.717) is 35.6 Å². The highest BCUT2D eigenvalue weighted by molar-refractivity contribution is 5.47. The number of hydrogen-bond acceptors (Lipinski definition) is 5. The molecule has 0 spiro atoms. The van der Waals surface area contributed by atoms with Crippen molar-refractivity contribution in [3.8, 4) is 5.82 Å². The molecule has 3 aromatic rings. The summed E-state index contributed by atoms with van der Waals surface area (Å²) in [6.07, 6.45) is 4.65. The number of anilines is 1. The second-order valence-electron chi connectivity index (χ2n) is 7.51. The lowest BCUT2D eigenvalue weighted by molar-refractivity contribution is -0.0361. The van der Waals surface area contributed by atoms with Crippen LogP contribution >= 0.6 is 0 Å². The summed E-state index contributed by atoms with van der Waals surface area (Å²) < 4.78 is 28.6. The van der Waals surface area contributed by atoms with Crippen LogP contribution in [0, 0.1) is 6.92 Å². The molecule has 0 amide bonds. The van der Waals surface area contributed by atoms with Crippen molar-refractivity contribution in [2.24, 2.45) is 0 Å². The van der Waals surface area contributed by atoms with E-state index >= 15 is 0 Å². The van der Waals surface area contributed by atoms with Crippen LogP contribution in [-0.4, -0.2) is 36.8 Å². The average molecular weight is 399 g/mol. The normalized spacial score (nSPS) is 17.8. The molecule has 1 saturated carbocycles. The van der Waals surface area contributed by atoms with E-state index in [1.54, 1.807) is 47.5 Å². The van der Waals surface area contributed by atoms with Gasteiger partial charge in [0.1, 0.15) is 11.9 Å². The van der Waals surface area contributed by atoms with Gasteiger partial charge in [0.05, 0.1) is 5.69 Å². The number of aryl methyl sites for hydroxylation is 1. The van der Waals surface area contributed by atoms with E-state index in [2.05, 4.69) is 20.4 Å². The van der Waals surface area contributed by atoms with Crippen molar-refractivity contribution in [3.63, 3.8) is 0 Å². The van der Waals surface area contributed by atoms with Crippen LogP contribution in [0.4, 0.5) is 14.6 Å². The summed E-state index contributed by atoms with van der Waals surface area (Å²) in [5.41, 5.74) is 2.12. The number of halogens is 2. The lowest BCUT2D eigenvalue weighted by atomic mass is 9.92. The smallest absolute Gasteiger partial charge is 0.248 e. The van der Waals surface area contributed by atoms with Gasteiger partial charge in [0.2, 0.25) is 5.92 Å². The number of nitrogens with one attached hydrogen (secondary N) is 1. The molecule has 1 atom stereocenters. The van der Waals surface area contributed by atoms with Crippen molar-refractivity contribution >= 4 is 5.82 Å². The molecule has 0 radical (unpaired) electrons. The fourth-order valence-corrected chi connectivity index (χ4v) is 3.55. The molecule has 3 heterocycles. The van der Waals surface area contributed by atoms with Gasteiger partial charge < -0.3 is 10.4 Å². The molecule has 1 aliphatic carbocycles. The zero-order valence-electron chi connectivity index (χ0n) is 16.1. The Morgan fingerprint density at radius 3 is 2.66 bits per heavy atom. The van der Waals surface area contributed by atoms with Crippen molar-refractivity contribution in [2.45, 2.75) is 50.7 Å². The number of aliphatic hydroxyl groups is 1. The second-order valence-corrected chi connectivity index (χ2v) is 7.51. The molecule has 0 aromatic carbocycles. The summed E-state index contributed by atoms with van der Waals surface area (Å²) in [6.45, 7) is 1.88. The molecule has 152 valence electrons. The first-order valence-corrected chi connectivity index (χ1v) is 9.67. The molecule has 3 aromatic heterocycles. The van der Waals surface area contributed by atoms with Crippen molar-refractivity contribution < 1.29 is 13.9 Å². The first kappa shape index (κ1) is 19.4. The monoisotopic (exact) mass is 399 g/mol. The molecule has 6 nitrogen and oxygen atoms in total. The van der Waals surface area contributed by atoms with Crippen LogP contribution in [0.2, 0.25) is 0 Å². The summed E-state index contributed by atoms with van der Waals surface area (Å²) in [4.78, 5) is 8.66. The van der Waals surface area contributed by atoms with Gasteiger partial charge in [0.25, 0.3) is 0 Å². The maximum absolute atomic E-state index is 13.5. The number of pyridine rings is 2. The van der Waals surface area contributed by atoms with Crippen molar-refractivity contribution in [3.05, 3.63) is 65.7 Å². The maximum Gasteiger partial charge on any atom is 0.248 e. The van der Waals surface area contributed by atoms with Crippen molar-refractivity contribution in [1.29, 1.82) is 0 Å². The Labute approximate surface area is 167 Å². The van der Waals surface area contributed by atoms with E-state index in [0.717, 1.165) is 5.69 Å². The number of rotatable bonds is 5. The first-order valence-electron chi connectivity index (χ1n) is 9.67. The highest BCUT2D eigenvalue weighted by Crippen LogP contribution is 2.34. The fourth-order valence-electron chi connectivity index (χ4n) is 3.55. The molecule has 0 bridgehead atoms. The lowest BCUT2D eigenvalue weighted by Gasteiger charge is -2.29. The van der Waals surface area contributed by atoms with Crippen LogP contribution in [-0.2, 0) is 0 Å². The SMILES string of the molecule is Cc1ccn(-c2cc(C(O)c3cccnc3)cc(NC3CCC(F)(F)CC3)n2)n1. The van der Waals surface area contributed by atoms with Crippen LogP contribution in [0.25, 0.3) is 5.82 Å². The van der Waals surface area contributed by atoms with E-state index in [9.17, 15) is 13.9 Å². The van der Waals surface area contributed by atoms with Gasteiger partial charge in [-0.15, -0.1) is 0 Å². The molecule has 1 unspecified atom stereocenters. The number of aromatic nitrogens is 4. The largest absolute Gasteiger partial charge is 0.384 e. The highest BCUT2D eigenvalue weighted by Gasteiger charge is 2.35. The van der Waals surface area contributed by atoms with Gasteiger partial charge >= 0.3 is 0 Å². The van der Waals surface area contributed by atoms with Crippen LogP contribution in [0.3, 0.4) is 0 Å². The summed E-state index contributed by atoms with van der Waals surface area (Å²) >= 11 is 0. The molecule has 0 saturated heterocycles. The van der Waals surface area contributed by atoms with E-state index in [4.69, 9.17) is 0 Å². The minimum absolute atomic E-state index is 0.0832. The van der Waals surface area contributed by atoms with Crippen LogP contribution in [0.15, 0.2) is 48.9 Å². The maximum atomic E-state index is 13.5. The zero-order chi connectivity index (χ0) is 20.4. The molecule has 2 N–H and O–H groups in total. The van der Waals surface area contributed by atoms with Gasteiger partial charge in [0.15, 0.2) is 5.82 Å². The van der Waals surface area contributed by atoms with Crippen molar-refractivity contribution in [2.75, 3.05) is 5.32 Å². The van der Waals surface area contributed by atoms with E-state index in [1.165, 1.54) is 0 Å². The molecular formula is C21H23F2N5O. The molecule has 4 rings (SSSR count). The molecule has 0 aliphatic heterocycles. The number of aliphatic hydroxyl groups excluding tert-OH is 1. The molecule has 1 fully saturated rings. The number of hydrogen-bond donors (Lipinski definition) is 2. The summed E-state index contributed by atoms with van der Waals surface area (Å²) in [7, 11) is 0.